The summed E-state index contributed by atoms with van der Waals surface area (Å²) in [6.45, 7) is 0. The van der Waals surface area contributed by atoms with Crippen LogP contribution in [0.2, 0.25) is 5.02 Å². The Bertz CT molecular complexity index is 1580. The summed E-state index contributed by atoms with van der Waals surface area (Å²) in [5, 5.41) is 18.6. The van der Waals surface area contributed by atoms with E-state index >= 15 is 0 Å². The maximum absolute atomic E-state index is 11.5. The molecule has 3 heterocycles. The van der Waals surface area contributed by atoms with Gasteiger partial charge in [-0.05, 0) is 54.3 Å². The van der Waals surface area contributed by atoms with Gasteiger partial charge in [-0.25, -0.2) is 4.79 Å². The molecule has 0 spiro atoms. The van der Waals surface area contributed by atoms with Crippen molar-refractivity contribution in [3.05, 3.63) is 90.2 Å². The first-order valence-corrected chi connectivity index (χ1v) is 13.0. The highest BCUT2D eigenvalue weighted by Gasteiger charge is 2.29. The summed E-state index contributed by atoms with van der Waals surface area (Å²) in [4.78, 5) is 16.4. The number of amides is 1. The minimum atomic E-state index is -0.499. The summed E-state index contributed by atoms with van der Waals surface area (Å²) in [7, 11) is 1.34. The number of halogens is 1. The number of nitrogens with zero attached hydrogens (tertiary/aromatic N) is 6. The number of rotatable bonds is 8. The predicted molar refractivity (Wildman–Crippen MR) is 145 cm³/mol. The number of carbonyl (C=O) groups is 1. The van der Waals surface area contributed by atoms with Crippen LogP contribution in [0.15, 0.2) is 79.5 Å². The van der Waals surface area contributed by atoms with Crippen LogP contribution >= 0.6 is 11.6 Å². The van der Waals surface area contributed by atoms with Crippen molar-refractivity contribution in [1.82, 2.24) is 30.3 Å². The summed E-state index contributed by atoms with van der Waals surface area (Å²) >= 11 is 6.34. The zero-order valence-electron chi connectivity index (χ0n) is 21.2. The summed E-state index contributed by atoms with van der Waals surface area (Å²) in [5.41, 5.74) is 6.35. The fourth-order valence-electron chi connectivity index (χ4n) is 4.61. The summed E-state index contributed by atoms with van der Waals surface area (Å²) < 4.78 is 8.40. The highest BCUT2D eigenvalue weighted by atomic mass is 35.5. The Balaban J connectivity index is 1.27. The van der Waals surface area contributed by atoms with Crippen LogP contribution in [0, 0.1) is 5.92 Å². The van der Waals surface area contributed by atoms with Gasteiger partial charge in [0, 0.05) is 39.8 Å². The molecular formula is C28H26ClN8O2+. The molecule has 3 aromatic heterocycles. The lowest BCUT2D eigenvalue weighted by molar-refractivity contribution is -0.659. The average Bonchev–Trinajstić information content (AvgIpc) is 3.39. The Labute approximate surface area is 229 Å². The van der Waals surface area contributed by atoms with Crippen molar-refractivity contribution in [2.75, 3.05) is 12.4 Å². The molecular weight excluding hydrogens is 516 g/mol. The first kappa shape index (κ1) is 24.7. The van der Waals surface area contributed by atoms with Crippen LogP contribution in [0.3, 0.4) is 0 Å². The molecule has 0 unspecified atom stereocenters. The van der Waals surface area contributed by atoms with E-state index < -0.39 is 6.09 Å². The first-order valence-electron chi connectivity index (χ1n) is 12.6. The zero-order valence-corrected chi connectivity index (χ0v) is 21.9. The van der Waals surface area contributed by atoms with Crippen LogP contribution in [0.5, 0.6) is 0 Å². The number of anilines is 1. The van der Waals surface area contributed by atoms with E-state index in [0.717, 1.165) is 40.1 Å². The number of tetrazole rings is 1. The van der Waals surface area contributed by atoms with Gasteiger partial charge in [-0.1, -0.05) is 47.9 Å². The number of aromatic amines is 1. The smallest absolute Gasteiger partial charge is 0.411 e. The molecule has 0 radical (unpaired) electrons. The van der Waals surface area contributed by atoms with Gasteiger partial charge in [0.05, 0.1) is 25.0 Å². The summed E-state index contributed by atoms with van der Waals surface area (Å²) in [6, 6.07) is 17.4. The molecule has 1 aliphatic rings. The topological polar surface area (TPSA) is 114 Å². The Morgan fingerprint density at radius 2 is 1.95 bits per heavy atom. The normalized spacial score (nSPS) is 13.7. The van der Waals surface area contributed by atoms with Crippen LogP contribution in [-0.4, -0.2) is 43.5 Å². The monoisotopic (exact) mass is 541 g/mol. The number of ether oxygens (including phenoxy) is 1. The minimum Gasteiger partial charge on any atom is -0.453 e. The number of nitrogens with one attached hydrogen (secondary N) is 2. The van der Waals surface area contributed by atoms with E-state index in [0.29, 0.717) is 16.6 Å². The largest absolute Gasteiger partial charge is 0.453 e. The standard InChI is InChI=1S/C28H25ClN8O2/c1-39-28(38)33-23-8-4-19(5-9-23)21-15-32-36(16-21)27(12-18-2-3-18)25-10-6-20(14-30-25)24-13-22(29)7-11-26(24)37-17-31-34-35-37/h4-11,13-18,27H,2-3,12H2,1H3,(H,33,38)/p+1/t27-/m0/s1. The van der Waals surface area contributed by atoms with Gasteiger partial charge in [-0.3, -0.25) is 15.0 Å². The van der Waals surface area contributed by atoms with Gasteiger partial charge in [0.1, 0.15) is 10.8 Å². The van der Waals surface area contributed by atoms with Crippen LogP contribution in [0.4, 0.5) is 10.5 Å². The second-order valence-electron chi connectivity index (χ2n) is 9.53. The highest BCUT2D eigenvalue weighted by molar-refractivity contribution is 6.31. The molecule has 2 aromatic carbocycles. The van der Waals surface area contributed by atoms with Gasteiger partial charge in [0.25, 0.3) is 6.33 Å². The number of pyridine rings is 1. The zero-order chi connectivity index (χ0) is 26.8. The maximum Gasteiger partial charge on any atom is 0.411 e. The molecule has 196 valence electrons. The van der Waals surface area contributed by atoms with E-state index in [1.54, 1.807) is 11.0 Å². The minimum absolute atomic E-state index is 0.0191. The van der Waals surface area contributed by atoms with E-state index in [1.165, 1.54) is 20.0 Å². The number of hydrogen-bond donors (Lipinski definition) is 2. The molecule has 0 bridgehead atoms. The van der Waals surface area contributed by atoms with Gasteiger partial charge < -0.3 is 4.74 Å². The van der Waals surface area contributed by atoms with Crippen molar-refractivity contribution >= 4 is 23.4 Å². The van der Waals surface area contributed by atoms with Crippen LogP contribution in [0.25, 0.3) is 27.9 Å². The van der Waals surface area contributed by atoms with E-state index in [9.17, 15) is 4.79 Å². The van der Waals surface area contributed by atoms with E-state index in [2.05, 4.69) is 43.9 Å². The Hall–Kier alpha value is -4.57. The lowest BCUT2D eigenvalue weighted by atomic mass is 10.0. The predicted octanol–water partition coefficient (Wildman–Crippen LogP) is 5.23. The molecule has 10 nitrogen and oxygen atoms in total. The quantitative estimate of drug-likeness (QED) is 0.260. The van der Waals surface area contributed by atoms with Crippen molar-refractivity contribution in [3.8, 4) is 27.9 Å². The van der Waals surface area contributed by atoms with E-state index in [-0.39, 0.29) is 6.04 Å². The molecule has 1 fully saturated rings. The average molecular weight is 542 g/mol. The number of H-pyrrole nitrogens is 1. The molecule has 0 saturated heterocycles. The van der Waals surface area contributed by atoms with E-state index in [1.807, 2.05) is 59.5 Å². The highest BCUT2D eigenvalue weighted by Crippen LogP contribution is 2.39. The third kappa shape index (κ3) is 5.51. The van der Waals surface area contributed by atoms with Crippen LogP contribution in [0.1, 0.15) is 31.0 Å². The molecule has 6 rings (SSSR count). The van der Waals surface area contributed by atoms with Gasteiger partial charge in [-0.15, -0.1) is 4.68 Å². The third-order valence-electron chi connectivity index (χ3n) is 6.86. The molecule has 2 N–H and O–H groups in total. The number of carbonyl (C=O) groups excluding carboxylic acids is 1. The summed E-state index contributed by atoms with van der Waals surface area (Å²) in [5.74, 6) is 0.677. The van der Waals surface area contributed by atoms with Crippen molar-refractivity contribution < 1.29 is 14.2 Å². The molecule has 5 aromatic rings. The second-order valence-corrected chi connectivity index (χ2v) is 9.97. The number of methoxy groups -OCH3 is 1. The lowest BCUT2D eigenvalue weighted by Crippen LogP contribution is -2.32. The summed E-state index contributed by atoms with van der Waals surface area (Å²) in [6.07, 6.45) is 10.4. The second kappa shape index (κ2) is 10.7. The number of benzene rings is 2. The Kier molecular flexibility index (Phi) is 6.76. The SMILES string of the molecule is COC(=O)Nc1ccc(-c2cnn([C@@H](CC3CC3)c3ccc(-c4cc(Cl)ccc4-[n+]4cnn[nH]4)cn3)c2)cc1. The van der Waals surface area contributed by atoms with Gasteiger partial charge >= 0.3 is 6.09 Å². The Morgan fingerprint density at radius 1 is 1.13 bits per heavy atom. The first-order chi connectivity index (χ1) is 19.1. The van der Waals surface area contributed by atoms with Crippen molar-refractivity contribution in [2.24, 2.45) is 5.92 Å². The van der Waals surface area contributed by atoms with Gasteiger partial charge in [-0.2, -0.15) is 5.10 Å². The van der Waals surface area contributed by atoms with Crippen LogP contribution in [-0.2, 0) is 4.74 Å². The van der Waals surface area contributed by atoms with Crippen molar-refractivity contribution in [1.29, 1.82) is 0 Å². The fraction of sp³-hybridized carbons (Fsp3) is 0.214. The van der Waals surface area contributed by atoms with Crippen molar-refractivity contribution in [3.63, 3.8) is 0 Å². The lowest BCUT2D eigenvalue weighted by Gasteiger charge is -2.17. The fourth-order valence-corrected chi connectivity index (χ4v) is 4.78. The molecule has 0 aliphatic heterocycles. The molecule has 1 aliphatic carbocycles. The molecule has 1 amide bonds. The molecule has 11 heteroatoms. The molecule has 1 atom stereocenters. The van der Waals surface area contributed by atoms with Crippen molar-refractivity contribution in [2.45, 2.75) is 25.3 Å². The van der Waals surface area contributed by atoms with E-state index in [4.69, 9.17) is 21.7 Å². The molecule has 1 saturated carbocycles. The van der Waals surface area contributed by atoms with Gasteiger partial charge in [0.15, 0.2) is 5.21 Å². The third-order valence-corrected chi connectivity index (χ3v) is 7.09. The number of aromatic nitrogens is 7. The maximum atomic E-state index is 11.5. The Morgan fingerprint density at radius 3 is 2.64 bits per heavy atom. The molecule has 39 heavy (non-hydrogen) atoms. The van der Waals surface area contributed by atoms with Gasteiger partial charge in [0.2, 0.25) is 0 Å². The van der Waals surface area contributed by atoms with Crippen LogP contribution < -0.4 is 10.00 Å². The number of hydrogen-bond acceptors (Lipinski definition) is 6.